The van der Waals surface area contributed by atoms with Gasteiger partial charge in [-0.15, -0.1) is 0 Å². The SMILES string of the molecule is CCC1O[C@H](OC)C(C)C[C@@H]1OC. The Hall–Kier alpha value is -0.120. The lowest BCUT2D eigenvalue weighted by molar-refractivity contribution is -0.240. The van der Waals surface area contributed by atoms with Crippen molar-refractivity contribution >= 4 is 0 Å². The largest absolute Gasteiger partial charge is 0.379 e. The van der Waals surface area contributed by atoms with Gasteiger partial charge in [0.25, 0.3) is 0 Å². The van der Waals surface area contributed by atoms with Crippen molar-refractivity contribution in [3.05, 3.63) is 0 Å². The molecule has 0 aromatic heterocycles. The third kappa shape index (κ3) is 2.42. The summed E-state index contributed by atoms with van der Waals surface area (Å²) >= 11 is 0. The van der Waals surface area contributed by atoms with E-state index in [2.05, 4.69) is 13.8 Å². The van der Waals surface area contributed by atoms with Gasteiger partial charge in [-0.05, 0) is 12.8 Å². The molecule has 0 saturated carbocycles. The zero-order chi connectivity index (χ0) is 9.84. The zero-order valence-electron chi connectivity index (χ0n) is 8.95. The fourth-order valence-corrected chi connectivity index (χ4v) is 1.92. The van der Waals surface area contributed by atoms with E-state index in [1.807, 2.05) is 0 Å². The van der Waals surface area contributed by atoms with E-state index >= 15 is 0 Å². The van der Waals surface area contributed by atoms with E-state index in [0.717, 1.165) is 12.8 Å². The van der Waals surface area contributed by atoms with Crippen LogP contribution in [0.4, 0.5) is 0 Å². The summed E-state index contributed by atoms with van der Waals surface area (Å²) in [7, 11) is 3.44. The molecule has 1 aliphatic heterocycles. The van der Waals surface area contributed by atoms with Crippen LogP contribution in [-0.4, -0.2) is 32.7 Å². The van der Waals surface area contributed by atoms with Crippen LogP contribution in [0, 0.1) is 5.92 Å². The second-order valence-corrected chi connectivity index (χ2v) is 3.67. The fourth-order valence-electron chi connectivity index (χ4n) is 1.92. The molecule has 0 aromatic rings. The second kappa shape index (κ2) is 4.94. The van der Waals surface area contributed by atoms with Crippen molar-refractivity contribution in [1.29, 1.82) is 0 Å². The number of rotatable bonds is 3. The minimum absolute atomic E-state index is 0.0589. The molecule has 0 radical (unpaired) electrons. The van der Waals surface area contributed by atoms with Crippen molar-refractivity contribution < 1.29 is 14.2 Å². The predicted octanol–water partition coefficient (Wildman–Crippen LogP) is 1.81. The van der Waals surface area contributed by atoms with E-state index in [4.69, 9.17) is 14.2 Å². The van der Waals surface area contributed by atoms with E-state index in [1.165, 1.54) is 0 Å². The molecule has 2 unspecified atom stereocenters. The normalized spacial score (nSPS) is 40.6. The standard InChI is InChI=1S/C10H20O3/c1-5-8-9(11-3)6-7(2)10(12-4)13-8/h7-10H,5-6H2,1-4H3/t7?,8?,9-,10-/m0/s1. The highest BCUT2D eigenvalue weighted by Gasteiger charge is 2.34. The highest BCUT2D eigenvalue weighted by atomic mass is 16.7. The van der Waals surface area contributed by atoms with Crippen molar-refractivity contribution in [2.75, 3.05) is 14.2 Å². The van der Waals surface area contributed by atoms with Gasteiger partial charge in [0.15, 0.2) is 6.29 Å². The molecule has 0 N–H and O–H groups in total. The third-order valence-corrected chi connectivity index (χ3v) is 2.73. The maximum absolute atomic E-state index is 5.75. The van der Waals surface area contributed by atoms with Gasteiger partial charge in [-0.1, -0.05) is 13.8 Å². The molecular formula is C10H20O3. The lowest BCUT2D eigenvalue weighted by Crippen LogP contribution is -2.44. The van der Waals surface area contributed by atoms with Gasteiger partial charge in [-0.2, -0.15) is 0 Å². The Balaban J connectivity index is 2.54. The number of ether oxygens (including phenoxy) is 3. The molecule has 1 heterocycles. The van der Waals surface area contributed by atoms with Gasteiger partial charge in [0.1, 0.15) is 0 Å². The Labute approximate surface area is 80.4 Å². The summed E-state index contributed by atoms with van der Waals surface area (Å²) in [5.41, 5.74) is 0. The molecule has 78 valence electrons. The van der Waals surface area contributed by atoms with Crippen LogP contribution in [0.3, 0.4) is 0 Å². The molecule has 13 heavy (non-hydrogen) atoms. The van der Waals surface area contributed by atoms with Crippen molar-refractivity contribution in [3.8, 4) is 0 Å². The summed E-state index contributed by atoms with van der Waals surface area (Å²) in [5.74, 6) is 0.415. The maximum Gasteiger partial charge on any atom is 0.160 e. The molecule has 1 saturated heterocycles. The Morgan fingerprint density at radius 2 is 2.00 bits per heavy atom. The van der Waals surface area contributed by atoms with E-state index in [0.29, 0.717) is 5.92 Å². The second-order valence-electron chi connectivity index (χ2n) is 3.67. The van der Waals surface area contributed by atoms with Crippen molar-refractivity contribution in [3.63, 3.8) is 0 Å². The van der Waals surface area contributed by atoms with Crippen LogP contribution in [0.1, 0.15) is 26.7 Å². The van der Waals surface area contributed by atoms with Gasteiger partial charge < -0.3 is 14.2 Å². The summed E-state index contributed by atoms with van der Waals surface area (Å²) in [5, 5.41) is 0. The molecule has 1 fully saturated rings. The first kappa shape index (κ1) is 11.0. The van der Waals surface area contributed by atoms with Gasteiger partial charge in [0.2, 0.25) is 0 Å². The molecule has 0 spiro atoms. The highest BCUT2D eigenvalue weighted by Crippen LogP contribution is 2.28. The zero-order valence-corrected chi connectivity index (χ0v) is 8.95. The van der Waals surface area contributed by atoms with Crippen LogP contribution in [0.25, 0.3) is 0 Å². The molecule has 1 rings (SSSR count). The van der Waals surface area contributed by atoms with Crippen LogP contribution in [0.2, 0.25) is 0 Å². The van der Waals surface area contributed by atoms with Gasteiger partial charge in [0, 0.05) is 20.1 Å². The maximum atomic E-state index is 5.75. The number of hydrogen-bond donors (Lipinski definition) is 0. The average Bonchev–Trinajstić information content (AvgIpc) is 2.17. The van der Waals surface area contributed by atoms with E-state index < -0.39 is 0 Å². The lowest BCUT2D eigenvalue weighted by Gasteiger charge is -2.38. The van der Waals surface area contributed by atoms with Crippen molar-refractivity contribution in [1.82, 2.24) is 0 Å². The number of methoxy groups -OCH3 is 2. The Bertz CT molecular complexity index is 149. The molecular weight excluding hydrogens is 168 g/mol. The van der Waals surface area contributed by atoms with Gasteiger partial charge >= 0.3 is 0 Å². The first-order valence-corrected chi connectivity index (χ1v) is 4.94. The van der Waals surface area contributed by atoms with E-state index in [9.17, 15) is 0 Å². The summed E-state index contributed by atoms with van der Waals surface area (Å²) in [4.78, 5) is 0. The summed E-state index contributed by atoms with van der Waals surface area (Å²) in [6.45, 7) is 4.24. The first-order valence-electron chi connectivity index (χ1n) is 4.94. The van der Waals surface area contributed by atoms with Crippen LogP contribution in [0.15, 0.2) is 0 Å². The van der Waals surface area contributed by atoms with Crippen LogP contribution in [0.5, 0.6) is 0 Å². The van der Waals surface area contributed by atoms with Crippen LogP contribution in [-0.2, 0) is 14.2 Å². The minimum Gasteiger partial charge on any atom is -0.379 e. The monoisotopic (exact) mass is 188 g/mol. The third-order valence-electron chi connectivity index (χ3n) is 2.73. The van der Waals surface area contributed by atoms with Crippen LogP contribution >= 0.6 is 0 Å². The highest BCUT2D eigenvalue weighted by molar-refractivity contribution is 4.79. The number of hydrogen-bond acceptors (Lipinski definition) is 3. The molecule has 3 nitrogen and oxygen atoms in total. The quantitative estimate of drug-likeness (QED) is 0.676. The van der Waals surface area contributed by atoms with Crippen molar-refractivity contribution in [2.45, 2.75) is 45.2 Å². The molecule has 0 amide bonds. The first-order chi connectivity index (χ1) is 6.22. The fraction of sp³-hybridized carbons (Fsp3) is 1.00. The summed E-state index contributed by atoms with van der Waals surface area (Å²) in [6, 6.07) is 0. The van der Waals surface area contributed by atoms with Gasteiger partial charge in [-0.3, -0.25) is 0 Å². The van der Waals surface area contributed by atoms with E-state index in [-0.39, 0.29) is 18.5 Å². The molecule has 3 heteroatoms. The predicted molar refractivity (Wildman–Crippen MR) is 50.5 cm³/mol. The average molecular weight is 188 g/mol. The molecule has 1 aliphatic rings. The summed E-state index contributed by atoms with van der Waals surface area (Å²) < 4.78 is 16.4. The van der Waals surface area contributed by atoms with E-state index in [1.54, 1.807) is 14.2 Å². The molecule has 0 aromatic carbocycles. The Morgan fingerprint density at radius 3 is 2.46 bits per heavy atom. The molecule has 4 atom stereocenters. The minimum atomic E-state index is -0.0589. The Kier molecular flexibility index (Phi) is 4.16. The van der Waals surface area contributed by atoms with Crippen molar-refractivity contribution in [2.24, 2.45) is 5.92 Å². The Morgan fingerprint density at radius 1 is 1.31 bits per heavy atom. The molecule has 0 bridgehead atoms. The molecule has 0 aliphatic carbocycles. The van der Waals surface area contributed by atoms with Gasteiger partial charge in [0.05, 0.1) is 12.2 Å². The van der Waals surface area contributed by atoms with Crippen LogP contribution < -0.4 is 0 Å². The van der Waals surface area contributed by atoms with Gasteiger partial charge in [-0.25, -0.2) is 0 Å². The smallest absolute Gasteiger partial charge is 0.160 e. The lowest BCUT2D eigenvalue weighted by atomic mass is 9.94. The summed E-state index contributed by atoms with van der Waals surface area (Å²) in [6.07, 6.45) is 2.35. The topological polar surface area (TPSA) is 27.7 Å².